The summed E-state index contributed by atoms with van der Waals surface area (Å²) in [5.74, 6) is 1.01. The molecule has 2 N–H and O–H groups in total. The second kappa shape index (κ2) is 5.21. The minimum absolute atomic E-state index is 0.0920. The summed E-state index contributed by atoms with van der Waals surface area (Å²) in [5.41, 5.74) is 1.74. The summed E-state index contributed by atoms with van der Waals surface area (Å²) in [7, 11) is 0. The van der Waals surface area contributed by atoms with Crippen LogP contribution in [0.2, 0.25) is 0 Å². The van der Waals surface area contributed by atoms with Crippen molar-refractivity contribution in [2.45, 2.75) is 65.4 Å². The van der Waals surface area contributed by atoms with Crippen molar-refractivity contribution in [3.8, 4) is 0 Å². The van der Waals surface area contributed by atoms with Crippen molar-refractivity contribution in [1.29, 1.82) is 0 Å². The molecule has 0 heterocycles. The van der Waals surface area contributed by atoms with E-state index in [1.54, 1.807) is 5.57 Å². The van der Waals surface area contributed by atoms with Crippen LogP contribution in [0.1, 0.15) is 59.3 Å². The van der Waals surface area contributed by atoms with Gasteiger partial charge in [0.15, 0.2) is 0 Å². The molecule has 0 spiro atoms. The highest BCUT2D eigenvalue weighted by Crippen LogP contribution is 2.63. The van der Waals surface area contributed by atoms with Gasteiger partial charge in [-0.15, -0.1) is 6.58 Å². The van der Waals surface area contributed by atoms with E-state index in [9.17, 15) is 10.2 Å². The third-order valence-corrected chi connectivity index (χ3v) is 7.61. The van der Waals surface area contributed by atoms with E-state index < -0.39 is 0 Å². The molecule has 6 atom stereocenters. The Labute approximate surface area is 135 Å². The van der Waals surface area contributed by atoms with Crippen LogP contribution in [0.3, 0.4) is 0 Å². The monoisotopic (exact) mass is 304 g/mol. The van der Waals surface area contributed by atoms with Gasteiger partial charge in [0.25, 0.3) is 0 Å². The lowest BCUT2D eigenvalue weighted by Crippen LogP contribution is -2.57. The maximum atomic E-state index is 10.5. The molecular weight excluding hydrogens is 272 g/mol. The van der Waals surface area contributed by atoms with Gasteiger partial charge in [-0.05, 0) is 61.2 Å². The van der Waals surface area contributed by atoms with Crippen molar-refractivity contribution >= 4 is 0 Å². The first kappa shape index (κ1) is 16.3. The Morgan fingerprint density at radius 1 is 1.27 bits per heavy atom. The largest absolute Gasteiger partial charge is 0.396 e. The molecule has 0 aromatic rings. The zero-order valence-corrected chi connectivity index (χ0v) is 14.4. The summed E-state index contributed by atoms with van der Waals surface area (Å²) >= 11 is 0. The highest BCUT2D eigenvalue weighted by Gasteiger charge is 2.58. The van der Waals surface area contributed by atoms with Gasteiger partial charge in [-0.3, -0.25) is 0 Å². The van der Waals surface area contributed by atoms with Crippen LogP contribution in [0.4, 0.5) is 0 Å². The summed E-state index contributed by atoms with van der Waals surface area (Å²) in [5, 5.41) is 20.5. The maximum Gasteiger partial charge on any atom is 0.0618 e. The fourth-order valence-electron chi connectivity index (χ4n) is 5.86. The van der Waals surface area contributed by atoms with E-state index in [-0.39, 0.29) is 29.0 Å². The van der Waals surface area contributed by atoms with E-state index in [4.69, 9.17) is 0 Å². The lowest BCUT2D eigenvalue weighted by atomic mass is 9.45. The Morgan fingerprint density at radius 2 is 2.00 bits per heavy atom. The van der Waals surface area contributed by atoms with E-state index in [0.717, 1.165) is 25.7 Å². The minimum Gasteiger partial charge on any atom is -0.396 e. The van der Waals surface area contributed by atoms with Crippen LogP contribution in [0.5, 0.6) is 0 Å². The Kier molecular flexibility index (Phi) is 3.85. The average molecular weight is 304 g/mol. The molecule has 2 heteroatoms. The maximum absolute atomic E-state index is 10.5. The fourth-order valence-corrected chi connectivity index (χ4v) is 5.86. The van der Waals surface area contributed by atoms with E-state index in [1.807, 2.05) is 0 Å². The van der Waals surface area contributed by atoms with Gasteiger partial charge in [-0.1, -0.05) is 38.5 Å². The topological polar surface area (TPSA) is 40.5 Å². The first-order valence-corrected chi connectivity index (χ1v) is 8.90. The van der Waals surface area contributed by atoms with Crippen molar-refractivity contribution in [3.63, 3.8) is 0 Å². The Morgan fingerprint density at radius 3 is 2.64 bits per heavy atom. The van der Waals surface area contributed by atoms with Crippen LogP contribution in [-0.2, 0) is 0 Å². The molecule has 22 heavy (non-hydrogen) atoms. The first-order valence-electron chi connectivity index (χ1n) is 8.90. The lowest BCUT2D eigenvalue weighted by Gasteiger charge is -2.60. The van der Waals surface area contributed by atoms with Crippen LogP contribution in [-0.4, -0.2) is 22.9 Å². The molecule has 6 unspecified atom stereocenters. The molecule has 3 rings (SSSR count). The second-order valence-corrected chi connectivity index (χ2v) is 8.92. The Balaban J connectivity index is 1.96. The molecule has 0 saturated heterocycles. The molecule has 0 aliphatic heterocycles. The van der Waals surface area contributed by atoms with Crippen molar-refractivity contribution < 1.29 is 10.2 Å². The van der Waals surface area contributed by atoms with Gasteiger partial charge in [-0.25, -0.2) is 0 Å². The number of hydrogen-bond donors (Lipinski definition) is 2. The average Bonchev–Trinajstić information content (AvgIpc) is 2.51. The molecule has 0 aromatic heterocycles. The summed E-state index contributed by atoms with van der Waals surface area (Å²) in [4.78, 5) is 0. The van der Waals surface area contributed by atoms with Crippen molar-refractivity contribution in [2.24, 2.45) is 28.1 Å². The van der Waals surface area contributed by atoms with Crippen LogP contribution >= 0.6 is 0 Å². The van der Waals surface area contributed by atoms with Crippen molar-refractivity contribution in [1.82, 2.24) is 0 Å². The molecular formula is C20H32O2. The van der Waals surface area contributed by atoms with Crippen LogP contribution in [0, 0.1) is 28.1 Å². The van der Waals surface area contributed by atoms with Crippen molar-refractivity contribution in [2.75, 3.05) is 6.61 Å². The minimum atomic E-state index is -0.368. The molecule has 0 aromatic carbocycles. The van der Waals surface area contributed by atoms with E-state index in [2.05, 4.69) is 39.5 Å². The van der Waals surface area contributed by atoms with Gasteiger partial charge < -0.3 is 10.2 Å². The molecule has 2 nitrogen and oxygen atoms in total. The van der Waals surface area contributed by atoms with E-state index in [0.29, 0.717) is 11.8 Å². The third-order valence-electron chi connectivity index (χ3n) is 7.61. The summed E-state index contributed by atoms with van der Waals surface area (Å²) < 4.78 is 0. The number of allylic oxidation sites excluding steroid dienone is 3. The van der Waals surface area contributed by atoms with Gasteiger partial charge >= 0.3 is 0 Å². The Hall–Kier alpha value is -0.600. The Bertz CT molecular complexity index is 496. The third kappa shape index (κ3) is 2.14. The van der Waals surface area contributed by atoms with Gasteiger partial charge in [0.05, 0.1) is 12.7 Å². The van der Waals surface area contributed by atoms with Gasteiger partial charge in [0.2, 0.25) is 0 Å². The first-order chi connectivity index (χ1) is 10.3. The van der Waals surface area contributed by atoms with Crippen LogP contribution < -0.4 is 0 Å². The molecule has 2 fully saturated rings. The predicted octanol–water partition coefficient (Wildman–Crippen LogP) is 4.08. The normalized spacial score (nSPS) is 51.5. The van der Waals surface area contributed by atoms with Crippen LogP contribution in [0.25, 0.3) is 0 Å². The van der Waals surface area contributed by atoms with Crippen LogP contribution in [0.15, 0.2) is 24.3 Å². The van der Waals surface area contributed by atoms with Gasteiger partial charge in [0.1, 0.15) is 0 Å². The summed E-state index contributed by atoms with van der Waals surface area (Å²) in [6.07, 6.45) is 10.7. The smallest absolute Gasteiger partial charge is 0.0618 e. The van der Waals surface area contributed by atoms with Gasteiger partial charge in [0, 0.05) is 5.41 Å². The quantitative estimate of drug-likeness (QED) is 0.755. The summed E-state index contributed by atoms with van der Waals surface area (Å²) in [6, 6.07) is 0. The number of fused-ring (bicyclic) bond motifs is 3. The van der Waals surface area contributed by atoms with E-state index >= 15 is 0 Å². The molecule has 2 saturated carbocycles. The number of aliphatic hydroxyl groups is 2. The predicted molar refractivity (Wildman–Crippen MR) is 90.4 cm³/mol. The number of hydrogen-bond acceptors (Lipinski definition) is 2. The van der Waals surface area contributed by atoms with E-state index in [1.165, 1.54) is 12.8 Å². The fraction of sp³-hybridized carbons (Fsp3) is 0.800. The number of rotatable bonds is 2. The lowest BCUT2D eigenvalue weighted by molar-refractivity contribution is -0.147. The molecule has 124 valence electrons. The standard InChI is InChI=1S/C20H32O2/c1-5-18(2)10-8-15-14(12-18)6-7-16-19(15,3)11-9-17(22)20(16,4)13-21/h5-6,15-17,21-22H,1,7-13H2,2-4H3. The highest BCUT2D eigenvalue weighted by atomic mass is 16.3. The highest BCUT2D eigenvalue weighted by molar-refractivity contribution is 5.25. The molecule has 0 radical (unpaired) electrons. The van der Waals surface area contributed by atoms with Crippen molar-refractivity contribution in [3.05, 3.63) is 24.3 Å². The second-order valence-electron chi connectivity index (χ2n) is 8.92. The number of aliphatic hydroxyl groups excluding tert-OH is 2. The summed E-state index contributed by atoms with van der Waals surface area (Å²) in [6.45, 7) is 11.0. The molecule has 0 amide bonds. The van der Waals surface area contributed by atoms with Gasteiger partial charge in [-0.2, -0.15) is 0 Å². The zero-order valence-electron chi connectivity index (χ0n) is 14.4. The molecule has 3 aliphatic rings. The SMILES string of the molecule is C=CC1(C)CCC2C(=CCC3C(C)(CO)C(O)CCC23C)C1. The molecule has 0 bridgehead atoms. The molecule has 3 aliphatic carbocycles. The zero-order chi connectivity index (χ0) is 16.2.